The summed E-state index contributed by atoms with van der Waals surface area (Å²) in [6.45, 7) is 3.61. The fraction of sp³-hybridized carbons (Fsp3) is 0.357. The number of aliphatic hydroxyl groups excluding tert-OH is 1. The van der Waals surface area contributed by atoms with E-state index in [-0.39, 0.29) is 18.6 Å². The lowest BCUT2D eigenvalue weighted by Crippen LogP contribution is -2.25. The van der Waals surface area contributed by atoms with E-state index in [9.17, 15) is 4.79 Å². The number of carbonyl (C=O) groups excluding carboxylic acids is 1. The number of hydrogen-bond acceptors (Lipinski definition) is 2. The molecule has 90 valence electrons. The Morgan fingerprint density at radius 1 is 1.53 bits per heavy atom. The number of aliphatic hydroxyl groups is 1. The van der Waals surface area contributed by atoms with Gasteiger partial charge in [0.15, 0.2) is 0 Å². The number of benzene rings is 1. The molecular formula is C14H17NO2. The molecule has 3 heteroatoms. The van der Waals surface area contributed by atoms with Gasteiger partial charge in [0.1, 0.15) is 6.61 Å². The SMILES string of the molecule is CCC(=O)NC(C)c1cccc(C#CCO)c1. The van der Waals surface area contributed by atoms with E-state index >= 15 is 0 Å². The molecule has 1 unspecified atom stereocenters. The molecule has 1 amide bonds. The van der Waals surface area contributed by atoms with E-state index in [1.165, 1.54) is 0 Å². The van der Waals surface area contributed by atoms with E-state index in [0.717, 1.165) is 11.1 Å². The van der Waals surface area contributed by atoms with Crippen molar-refractivity contribution in [1.82, 2.24) is 5.32 Å². The molecule has 0 radical (unpaired) electrons. The minimum Gasteiger partial charge on any atom is -0.384 e. The number of hydrogen-bond donors (Lipinski definition) is 2. The van der Waals surface area contributed by atoms with Gasteiger partial charge in [-0.15, -0.1) is 0 Å². The summed E-state index contributed by atoms with van der Waals surface area (Å²) in [5, 5.41) is 11.5. The molecule has 0 saturated heterocycles. The first-order valence-electron chi connectivity index (χ1n) is 5.66. The highest BCUT2D eigenvalue weighted by Crippen LogP contribution is 2.13. The van der Waals surface area contributed by atoms with Crippen LogP contribution in [0.2, 0.25) is 0 Å². The third-order valence-electron chi connectivity index (χ3n) is 2.40. The first kappa shape index (κ1) is 13.3. The Balaban J connectivity index is 2.80. The number of carbonyl (C=O) groups is 1. The van der Waals surface area contributed by atoms with E-state index in [0.29, 0.717) is 6.42 Å². The van der Waals surface area contributed by atoms with Crippen molar-refractivity contribution in [2.24, 2.45) is 0 Å². The molecule has 3 nitrogen and oxygen atoms in total. The Morgan fingerprint density at radius 3 is 2.94 bits per heavy atom. The van der Waals surface area contributed by atoms with Crippen LogP contribution in [0.3, 0.4) is 0 Å². The topological polar surface area (TPSA) is 49.3 Å². The Morgan fingerprint density at radius 2 is 2.29 bits per heavy atom. The Kier molecular flexibility index (Phi) is 5.25. The van der Waals surface area contributed by atoms with Gasteiger partial charge in [-0.3, -0.25) is 4.79 Å². The monoisotopic (exact) mass is 231 g/mol. The normalized spacial score (nSPS) is 11.2. The van der Waals surface area contributed by atoms with Gasteiger partial charge < -0.3 is 10.4 Å². The summed E-state index contributed by atoms with van der Waals surface area (Å²) in [7, 11) is 0. The summed E-state index contributed by atoms with van der Waals surface area (Å²) in [5.74, 6) is 5.48. The van der Waals surface area contributed by atoms with Gasteiger partial charge >= 0.3 is 0 Å². The van der Waals surface area contributed by atoms with Crippen molar-refractivity contribution in [1.29, 1.82) is 0 Å². The van der Waals surface area contributed by atoms with Crippen molar-refractivity contribution in [2.75, 3.05) is 6.61 Å². The summed E-state index contributed by atoms with van der Waals surface area (Å²) in [4.78, 5) is 11.3. The zero-order chi connectivity index (χ0) is 12.7. The van der Waals surface area contributed by atoms with Crippen LogP contribution in [-0.2, 0) is 4.79 Å². The first-order valence-corrected chi connectivity index (χ1v) is 5.66. The molecule has 1 aromatic carbocycles. The highest BCUT2D eigenvalue weighted by Gasteiger charge is 2.07. The molecule has 0 heterocycles. The van der Waals surface area contributed by atoms with Crippen LogP contribution in [0.15, 0.2) is 24.3 Å². The Bertz CT molecular complexity index is 443. The maximum absolute atomic E-state index is 11.3. The van der Waals surface area contributed by atoms with E-state index in [1.807, 2.05) is 38.1 Å². The highest BCUT2D eigenvalue weighted by atomic mass is 16.2. The molecule has 0 spiro atoms. The second kappa shape index (κ2) is 6.72. The van der Waals surface area contributed by atoms with Crippen molar-refractivity contribution >= 4 is 5.91 Å². The molecular weight excluding hydrogens is 214 g/mol. The quantitative estimate of drug-likeness (QED) is 0.777. The van der Waals surface area contributed by atoms with Crippen LogP contribution in [0.5, 0.6) is 0 Å². The molecule has 0 aliphatic rings. The molecule has 0 bridgehead atoms. The Hall–Kier alpha value is -1.79. The summed E-state index contributed by atoms with van der Waals surface area (Å²) >= 11 is 0. The van der Waals surface area contributed by atoms with Crippen molar-refractivity contribution in [3.63, 3.8) is 0 Å². The second-order valence-corrected chi connectivity index (χ2v) is 3.73. The standard InChI is InChI=1S/C14H17NO2/c1-3-14(17)15-11(2)13-8-4-6-12(10-13)7-5-9-16/h4,6,8,10-11,16H,3,9H2,1-2H3,(H,15,17). The van der Waals surface area contributed by atoms with Gasteiger partial charge in [0, 0.05) is 12.0 Å². The van der Waals surface area contributed by atoms with Crippen LogP contribution in [-0.4, -0.2) is 17.6 Å². The van der Waals surface area contributed by atoms with E-state index in [1.54, 1.807) is 0 Å². The maximum Gasteiger partial charge on any atom is 0.220 e. The Labute approximate surface area is 102 Å². The van der Waals surface area contributed by atoms with Crippen LogP contribution in [0.4, 0.5) is 0 Å². The zero-order valence-corrected chi connectivity index (χ0v) is 10.2. The zero-order valence-electron chi connectivity index (χ0n) is 10.2. The molecule has 0 aliphatic heterocycles. The average molecular weight is 231 g/mol. The van der Waals surface area contributed by atoms with E-state index in [2.05, 4.69) is 17.2 Å². The van der Waals surface area contributed by atoms with Crippen LogP contribution in [0.25, 0.3) is 0 Å². The predicted octanol–water partition coefficient (Wildman–Crippen LogP) is 1.62. The molecule has 0 saturated carbocycles. The van der Waals surface area contributed by atoms with E-state index in [4.69, 9.17) is 5.11 Å². The summed E-state index contributed by atoms with van der Waals surface area (Å²) in [6, 6.07) is 7.61. The lowest BCUT2D eigenvalue weighted by molar-refractivity contribution is -0.121. The van der Waals surface area contributed by atoms with Crippen LogP contribution < -0.4 is 5.32 Å². The molecule has 0 aromatic heterocycles. The summed E-state index contributed by atoms with van der Waals surface area (Å²) in [6.07, 6.45) is 0.481. The smallest absolute Gasteiger partial charge is 0.220 e. The van der Waals surface area contributed by atoms with Gasteiger partial charge in [0.05, 0.1) is 6.04 Å². The molecule has 0 aliphatic carbocycles. The van der Waals surface area contributed by atoms with Gasteiger partial charge in [0.2, 0.25) is 5.91 Å². The van der Waals surface area contributed by atoms with Gasteiger partial charge in [-0.05, 0) is 24.6 Å². The third-order valence-corrected chi connectivity index (χ3v) is 2.40. The van der Waals surface area contributed by atoms with Crippen molar-refractivity contribution in [2.45, 2.75) is 26.3 Å². The molecule has 2 N–H and O–H groups in total. The van der Waals surface area contributed by atoms with Crippen molar-refractivity contribution in [3.05, 3.63) is 35.4 Å². The lowest BCUT2D eigenvalue weighted by atomic mass is 10.1. The highest BCUT2D eigenvalue weighted by molar-refractivity contribution is 5.76. The number of rotatable bonds is 3. The van der Waals surface area contributed by atoms with Crippen LogP contribution in [0, 0.1) is 11.8 Å². The average Bonchev–Trinajstić information content (AvgIpc) is 2.36. The third kappa shape index (κ3) is 4.29. The van der Waals surface area contributed by atoms with Crippen molar-refractivity contribution in [3.8, 4) is 11.8 Å². The predicted molar refractivity (Wildman–Crippen MR) is 67.3 cm³/mol. The minimum atomic E-state index is -0.146. The maximum atomic E-state index is 11.3. The molecule has 1 rings (SSSR count). The summed E-state index contributed by atoms with van der Waals surface area (Å²) < 4.78 is 0. The van der Waals surface area contributed by atoms with Gasteiger partial charge in [-0.25, -0.2) is 0 Å². The summed E-state index contributed by atoms with van der Waals surface area (Å²) in [5.41, 5.74) is 1.85. The molecule has 1 atom stereocenters. The fourth-order valence-electron chi connectivity index (χ4n) is 1.45. The molecule has 1 aromatic rings. The number of nitrogens with one attached hydrogen (secondary N) is 1. The largest absolute Gasteiger partial charge is 0.384 e. The van der Waals surface area contributed by atoms with Crippen molar-refractivity contribution < 1.29 is 9.90 Å². The van der Waals surface area contributed by atoms with Gasteiger partial charge in [-0.2, -0.15) is 0 Å². The minimum absolute atomic E-state index is 0.0293. The lowest BCUT2D eigenvalue weighted by Gasteiger charge is -2.13. The fourth-order valence-corrected chi connectivity index (χ4v) is 1.45. The van der Waals surface area contributed by atoms with Gasteiger partial charge in [0.25, 0.3) is 0 Å². The molecule has 0 fully saturated rings. The first-order chi connectivity index (χ1) is 8.17. The van der Waals surface area contributed by atoms with Gasteiger partial charge in [-0.1, -0.05) is 30.9 Å². The van der Waals surface area contributed by atoms with Crippen LogP contribution in [0.1, 0.15) is 37.4 Å². The second-order valence-electron chi connectivity index (χ2n) is 3.73. The van der Waals surface area contributed by atoms with Crippen LogP contribution >= 0.6 is 0 Å². The van der Waals surface area contributed by atoms with E-state index < -0.39 is 0 Å². The number of amides is 1. The molecule has 17 heavy (non-hydrogen) atoms.